The molecule has 2 aromatic carbocycles. The second-order valence-corrected chi connectivity index (χ2v) is 7.38. The summed E-state index contributed by atoms with van der Waals surface area (Å²) in [4.78, 5) is 12.5. The normalized spacial score (nSPS) is 11.5. The van der Waals surface area contributed by atoms with Crippen LogP contribution in [0.3, 0.4) is 0 Å². The third kappa shape index (κ3) is 4.01. The minimum Gasteiger partial charge on any atom is -0.322 e. The van der Waals surface area contributed by atoms with Crippen LogP contribution in [-0.4, -0.2) is 31.7 Å². The van der Waals surface area contributed by atoms with Crippen LogP contribution in [0, 0.1) is 6.92 Å². The highest BCUT2D eigenvalue weighted by Crippen LogP contribution is 2.20. The maximum Gasteiger partial charge on any atom is 0.255 e. The smallest absolute Gasteiger partial charge is 0.255 e. The van der Waals surface area contributed by atoms with E-state index in [1.807, 2.05) is 19.1 Å². The number of rotatable bonds is 6. The van der Waals surface area contributed by atoms with Gasteiger partial charge in [-0.1, -0.05) is 37.6 Å². The number of anilines is 1. The molecule has 1 N–H and O–H groups in total. The first-order valence-corrected chi connectivity index (χ1v) is 9.30. The van der Waals surface area contributed by atoms with Gasteiger partial charge in [-0.25, -0.2) is 8.42 Å². The molecule has 1 amide bonds. The number of carbonyl (C=O) groups is 1. The Kier molecular flexibility index (Phi) is 5.75. The Balaban J connectivity index is 2.26. The summed E-state index contributed by atoms with van der Waals surface area (Å²) in [5.74, 6) is -0.268. The van der Waals surface area contributed by atoms with Gasteiger partial charge in [-0.05, 0) is 37.3 Å². The minimum atomic E-state index is -3.55. The van der Waals surface area contributed by atoms with Gasteiger partial charge in [0.25, 0.3) is 5.91 Å². The first kappa shape index (κ1) is 18.2. The number of carbonyl (C=O) groups excluding carboxylic acids is 1. The Bertz CT molecular complexity index is 828. The average molecular weight is 346 g/mol. The summed E-state index contributed by atoms with van der Waals surface area (Å²) in [5.41, 5.74) is 1.97. The summed E-state index contributed by atoms with van der Waals surface area (Å²) < 4.78 is 26.5. The number of aryl methyl sites for hydroxylation is 1. The van der Waals surface area contributed by atoms with Gasteiger partial charge < -0.3 is 5.32 Å². The first-order valence-electron chi connectivity index (χ1n) is 7.86. The van der Waals surface area contributed by atoms with Gasteiger partial charge in [0, 0.05) is 24.3 Å². The molecule has 0 bridgehead atoms. The number of nitrogens with one attached hydrogen (secondary N) is 1. The van der Waals surface area contributed by atoms with E-state index in [9.17, 15) is 13.2 Å². The predicted octanol–water partition coefficient (Wildman–Crippen LogP) is 3.28. The van der Waals surface area contributed by atoms with Gasteiger partial charge in [-0.3, -0.25) is 4.79 Å². The van der Waals surface area contributed by atoms with E-state index in [-0.39, 0.29) is 10.8 Å². The largest absolute Gasteiger partial charge is 0.322 e. The summed E-state index contributed by atoms with van der Waals surface area (Å²) in [7, 11) is -3.55. The second kappa shape index (κ2) is 7.59. The van der Waals surface area contributed by atoms with Crippen LogP contribution in [0.25, 0.3) is 0 Å². The highest BCUT2D eigenvalue weighted by molar-refractivity contribution is 7.89. The maximum atomic E-state index is 12.6. The first-order chi connectivity index (χ1) is 11.4. The summed E-state index contributed by atoms with van der Waals surface area (Å²) in [6, 6.07) is 13.6. The molecular formula is C18H22N2O3S. The summed E-state index contributed by atoms with van der Waals surface area (Å²) >= 11 is 0. The fraction of sp³-hybridized carbons (Fsp3) is 0.278. The molecule has 5 nitrogen and oxygen atoms in total. The van der Waals surface area contributed by atoms with Crippen molar-refractivity contribution in [3.8, 4) is 0 Å². The van der Waals surface area contributed by atoms with E-state index in [1.165, 1.54) is 16.4 Å². The third-order valence-corrected chi connectivity index (χ3v) is 5.76. The molecule has 0 aliphatic carbocycles. The Morgan fingerprint density at radius 2 is 1.71 bits per heavy atom. The molecule has 0 spiro atoms. The van der Waals surface area contributed by atoms with Crippen molar-refractivity contribution in [3.63, 3.8) is 0 Å². The molecule has 0 aliphatic rings. The quantitative estimate of drug-likeness (QED) is 0.873. The third-order valence-electron chi connectivity index (χ3n) is 3.72. The van der Waals surface area contributed by atoms with E-state index >= 15 is 0 Å². The summed E-state index contributed by atoms with van der Waals surface area (Å²) in [6.07, 6.45) is 0. The van der Waals surface area contributed by atoms with Crippen molar-refractivity contribution in [2.75, 3.05) is 18.4 Å². The van der Waals surface area contributed by atoms with Crippen molar-refractivity contribution in [2.24, 2.45) is 0 Å². The van der Waals surface area contributed by atoms with Gasteiger partial charge in [0.05, 0.1) is 4.90 Å². The van der Waals surface area contributed by atoms with Crippen LogP contribution in [0.5, 0.6) is 0 Å². The second-order valence-electron chi connectivity index (χ2n) is 5.44. The maximum absolute atomic E-state index is 12.6. The summed E-state index contributed by atoms with van der Waals surface area (Å²) in [6.45, 7) is 6.31. The molecule has 0 aliphatic heterocycles. The molecule has 0 unspecified atom stereocenters. The molecule has 0 heterocycles. The van der Waals surface area contributed by atoms with Crippen LogP contribution in [-0.2, 0) is 10.0 Å². The van der Waals surface area contributed by atoms with E-state index in [1.54, 1.807) is 38.1 Å². The number of nitrogens with zero attached hydrogens (tertiary/aromatic N) is 1. The van der Waals surface area contributed by atoms with E-state index in [2.05, 4.69) is 5.32 Å². The predicted molar refractivity (Wildman–Crippen MR) is 95.7 cm³/mol. The number of benzene rings is 2. The van der Waals surface area contributed by atoms with Crippen LogP contribution < -0.4 is 5.32 Å². The van der Waals surface area contributed by atoms with E-state index in [4.69, 9.17) is 0 Å². The fourth-order valence-electron chi connectivity index (χ4n) is 2.44. The highest BCUT2D eigenvalue weighted by Gasteiger charge is 2.21. The molecule has 128 valence electrons. The van der Waals surface area contributed by atoms with Crippen molar-refractivity contribution < 1.29 is 13.2 Å². The molecular weight excluding hydrogens is 324 g/mol. The van der Waals surface area contributed by atoms with Crippen LogP contribution in [0.1, 0.15) is 29.8 Å². The molecule has 0 aromatic heterocycles. The van der Waals surface area contributed by atoms with E-state index in [0.29, 0.717) is 24.3 Å². The Hall–Kier alpha value is -2.18. The van der Waals surface area contributed by atoms with Crippen molar-refractivity contribution in [2.45, 2.75) is 25.7 Å². The van der Waals surface area contributed by atoms with Crippen LogP contribution in [0.2, 0.25) is 0 Å². The molecule has 0 fully saturated rings. The zero-order chi connectivity index (χ0) is 17.7. The van der Waals surface area contributed by atoms with Crippen molar-refractivity contribution in [1.29, 1.82) is 0 Å². The lowest BCUT2D eigenvalue weighted by molar-refractivity contribution is 0.102. The molecule has 2 rings (SSSR count). The number of hydrogen-bond donors (Lipinski definition) is 1. The number of amides is 1. The lowest BCUT2D eigenvalue weighted by Crippen LogP contribution is -2.30. The molecule has 6 heteroatoms. The fourth-order valence-corrected chi connectivity index (χ4v) is 3.94. The molecule has 0 saturated carbocycles. The molecule has 24 heavy (non-hydrogen) atoms. The standard InChI is InChI=1S/C18H22N2O3S/c1-4-20(5-2)24(22,23)17-11-7-10-16(13-17)19-18(21)15-9-6-8-14(3)12-15/h6-13H,4-5H2,1-3H3,(H,19,21). The zero-order valence-electron chi connectivity index (χ0n) is 14.1. The molecule has 0 saturated heterocycles. The van der Waals surface area contributed by atoms with Crippen molar-refractivity contribution in [3.05, 3.63) is 59.7 Å². The monoisotopic (exact) mass is 346 g/mol. The Morgan fingerprint density at radius 1 is 1.04 bits per heavy atom. The van der Waals surface area contributed by atoms with Gasteiger partial charge >= 0.3 is 0 Å². The van der Waals surface area contributed by atoms with Crippen molar-refractivity contribution >= 4 is 21.6 Å². The summed E-state index contributed by atoms with van der Waals surface area (Å²) in [5, 5.41) is 2.75. The average Bonchev–Trinajstić information content (AvgIpc) is 2.56. The van der Waals surface area contributed by atoms with E-state index < -0.39 is 10.0 Å². The molecule has 2 aromatic rings. The van der Waals surface area contributed by atoms with Crippen molar-refractivity contribution in [1.82, 2.24) is 4.31 Å². The highest BCUT2D eigenvalue weighted by atomic mass is 32.2. The lowest BCUT2D eigenvalue weighted by atomic mass is 10.1. The topological polar surface area (TPSA) is 66.5 Å². The number of hydrogen-bond acceptors (Lipinski definition) is 3. The zero-order valence-corrected chi connectivity index (χ0v) is 14.9. The van der Waals surface area contributed by atoms with E-state index in [0.717, 1.165) is 5.56 Å². The van der Waals surface area contributed by atoms with Crippen LogP contribution in [0.15, 0.2) is 53.4 Å². The van der Waals surface area contributed by atoms with Gasteiger partial charge in [0.1, 0.15) is 0 Å². The Morgan fingerprint density at radius 3 is 2.33 bits per heavy atom. The molecule has 0 radical (unpaired) electrons. The minimum absolute atomic E-state index is 0.174. The van der Waals surface area contributed by atoms with Crippen LogP contribution >= 0.6 is 0 Å². The SMILES string of the molecule is CCN(CC)S(=O)(=O)c1cccc(NC(=O)c2cccc(C)c2)c1. The van der Waals surface area contributed by atoms with Gasteiger partial charge in [-0.2, -0.15) is 4.31 Å². The Labute approximate surface area is 143 Å². The van der Waals surface area contributed by atoms with Crippen LogP contribution in [0.4, 0.5) is 5.69 Å². The molecule has 0 atom stereocenters. The van der Waals surface area contributed by atoms with Gasteiger partial charge in [0.15, 0.2) is 0 Å². The van der Waals surface area contributed by atoms with Gasteiger partial charge in [-0.15, -0.1) is 0 Å². The van der Waals surface area contributed by atoms with Gasteiger partial charge in [0.2, 0.25) is 10.0 Å². The number of sulfonamides is 1. The lowest BCUT2D eigenvalue weighted by Gasteiger charge is -2.18.